The van der Waals surface area contributed by atoms with Crippen LogP contribution in [-0.2, 0) is 4.74 Å². The Morgan fingerprint density at radius 2 is 2.07 bits per heavy atom. The Bertz CT molecular complexity index is 170. The van der Waals surface area contributed by atoms with Gasteiger partial charge in [0.25, 0.3) is 0 Å². The Morgan fingerprint density at radius 3 is 2.64 bits per heavy atom. The third kappa shape index (κ3) is 6.09. The van der Waals surface area contributed by atoms with Crippen molar-refractivity contribution in [3.8, 4) is 0 Å². The predicted octanol–water partition coefficient (Wildman–Crippen LogP) is -1.51. The van der Waals surface area contributed by atoms with Crippen LogP contribution in [0.4, 0.5) is 12.9 Å². The molecule has 0 bridgehead atoms. The van der Waals surface area contributed by atoms with Crippen LogP contribution in [0, 0.1) is 0 Å². The average Bonchev–Trinajstić information content (AvgIpc) is 2.14. The van der Waals surface area contributed by atoms with Gasteiger partial charge in [-0.3, -0.25) is 0 Å². The van der Waals surface area contributed by atoms with Crippen molar-refractivity contribution in [1.29, 1.82) is 0 Å². The molecule has 1 saturated heterocycles. The normalized spacial score (nSPS) is 25.3. The molecule has 14 heavy (non-hydrogen) atoms. The van der Waals surface area contributed by atoms with Crippen molar-refractivity contribution in [2.24, 2.45) is 0 Å². The molecule has 0 aromatic carbocycles. The maximum atomic E-state index is 12.1. The molecule has 1 rings (SSSR count). The fraction of sp³-hybridized carbons (Fsp3) is 1.00. The van der Waals surface area contributed by atoms with Gasteiger partial charge in [0.05, 0.1) is 6.61 Å². The summed E-state index contributed by atoms with van der Waals surface area (Å²) >= 11 is 0. The van der Waals surface area contributed by atoms with E-state index in [-0.39, 0.29) is 57.4 Å². The fourth-order valence-corrected chi connectivity index (χ4v) is 1.49. The second-order valence-electron chi connectivity index (χ2n) is 3.48. The molecule has 1 aliphatic rings. The van der Waals surface area contributed by atoms with Crippen LogP contribution in [0.2, 0.25) is 0 Å². The molecule has 1 aliphatic heterocycles. The van der Waals surface area contributed by atoms with Gasteiger partial charge < -0.3 is 22.6 Å². The van der Waals surface area contributed by atoms with Gasteiger partial charge in [0, 0.05) is 12.6 Å². The van der Waals surface area contributed by atoms with Gasteiger partial charge in [-0.25, -0.2) is 0 Å². The molecular formula is C7H14BF3KNO. The molecule has 0 aromatic heterocycles. The minimum atomic E-state index is -4.70. The third-order valence-electron chi connectivity index (χ3n) is 2.16. The summed E-state index contributed by atoms with van der Waals surface area (Å²) in [4.78, 5) is 1.45. The molecule has 1 unspecified atom stereocenters. The van der Waals surface area contributed by atoms with Crippen molar-refractivity contribution in [1.82, 2.24) is 4.90 Å². The van der Waals surface area contributed by atoms with E-state index in [1.165, 1.54) is 4.90 Å². The third-order valence-corrected chi connectivity index (χ3v) is 2.16. The van der Waals surface area contributed by atoms with Crippen molar-refractivity contribution < 1.29 is 69.1 Å². The fourth-order valence-electron chi connectivity index (χ4n) is 1.49. The average molecular weight is 235 g/mol. The topological polar surface area (TPSA) is 12.5 Å². The number of hydrogen-bond acceptors (Lipinski definition) is 2. The number of halogens is 3. The van der Waals surface area contributed by atoms with E-state index >= 15 is 0 Å². The Kier molecular flexibility index (Phi) is 7.57. The molecule has 1 fully saturated rings. The molecule has 0 saturated carbocycles. The molecule has 0 amide bonds. The number of nitrogens with zero attached hydrogens (tertiary/aromatic N) is 1. The zero-order valence-corrected chi connectivity index (χ0v) is 11.8. The molecule has 1 heterocycles. The Balaban J connectivity index is 0.00000169. The first-order valence-electron chi connectivity index (χ1n) is 4.52. The molecule has 0 aromatic rings. The minimum absolute atomic E-state index is 0. The molecular weight excluding hydrogens is 221 g/mol. The van der Waals surface area contributed by atoms with Gasteiger partial charge in [-0.15, -0.1) is 0 Å². The summed E-state index contributed by atoms with van der Waals surface area (Å²) in [6, 6.07) is -0.119. The van der Waals surface area contributed by atoms with Crippen LogP contribution in [-0.4, -0.2) is 44.1 Å². The van der Waals surface area contributed by atoms with Crippen LogP contribution in [0.25, 0.3) is 0 Å². The van der Waals surface area contributed by atoms with E-state index in [0.717, 1.165) is 0 Å². The number of rotatable bonds is 2. The van der Waals surface area contributed by atoms with E-state index < -0.39 is 13.4 Å². The van der Waals surface area contributed by atoms with Crippen LogP contribution >= 0.6 is 0 Å². The second-order valence-corrected chi connectivity index (χ2v) is 3.48. The quantitative estimate of drug-likeness (QED) is 0.539. The molecule has 0 N–H and O–H groups in total. The Hall–Kier alpha value is 1.41. The van der Waals surface area contributed by atoms with Crippen LogP contribution in [0.5, 0.6) is 0 Å². The van der Waals surface area contributed by atoms with Crippen LogP contribution < -0.4 is 51.4 Å². The summed E-state index contributed by atoms with van der Waals surface area (Å²) in [5.41, 5.74) is 0. The van der Waals surface area contributed by atoms with Crippen molar-refractivity contribution in [2.45, 2.75) is 19.4 Å². The maximum Gasteiger partial charge on any atom is 1.00 e. The van der Waals surface area contributed by atoms with Gasteiger partial charge in [0.15, 0.2) is 0 Å². The summed E-state index contributed by atoms with van der Waals surface area (Å²) < 4.78 is 41.5. The SMILES string of the molecule is CC1COCCCN1C[B-](F)(F)F.[K+]. The molecule has 0 aliphatic carbocycles. The zero-order valence-electron chi connectivity index (χ0n) is 8.68. The molecule has 0 spiro atoms. The van der Waals surface area contributed by atoms with E-state index in [1.807, 2.05) is 0 Å². The van der Waals surface area contributed by atoms with Crippen LogP contribution in [0.3, 0.4) is 0 Å². The van der Waals surface area contributed by atoms with Crippen LogP contribution in [0.1, 0.15) is 13.3 Å². The summed E-state index contributed by atoms with van der Waals surface area (Å²) in [5.74, 6) is 0. The van der Waals surface area contributed by atoms with Gasteiger partial charge in [-0.1, -0.05) is 0 Å². The van der Waals surface area contributed by atoms with E-state index in [0.29, 0.717) is 26.2 Å². The summed E-state index contributed by atoms with van der Waals surface area (Å²) in [6.45, 7) is -1.46. The standard InChI is InChI=1S/C7H14BF3NO.K/c1-7-5-13-4-2-3-12(7)6-8(9,10)11;/h7H,2-6H2,1H3;/q-1;+1. The molecule has 78 valence electrons. The summed E-state index contributed by atoms with van der Waals surface area (Å²) in [6.07, 6.45) is -0.0684. The maximum absolute atomic E-state index is 12.1. The van der Waals surface area contributed by atoms with Gasteiger partial charge in [0.1, 0.15) is 0 Å². The van der Waals surface area contributed by atoms with E-state index in [2.05, 4.69) is 0 Å². The smallest absolute Gasteiger partial charge is 0.448 e. The zero-order chi connectivity index (χ0) is 9.90. The molecule has 7 heteroatoms. The van der Waals surface area contributed by atoms with E-state index in [4.69, 9.17) is 4.74 Å². The molecule has 2 nitrogen and oxygen atoms in total. The van der Waals surface area contributed by atoms with Gasteiger partial charge in [0.2, 0.25) is 0 Å². The first-order valence-corrected chi connectivity index (χ1v) is 4.52. The summed E-state index contributed by atoms with van der Waals surface area (Å²) in [7, 11) is 0. The van der Waals surface area contributed by atoms with Crippen molar-refractivity contribution in [2.75, 3.05) is 26.2 Å². The van der Waals surface area contributed by atoms with E-state index in [9.17, 15) is 12.9 Å². The summed E-state index contributed by atoms with van der Waals surface area (Å²) in [5, 5.41) is 0. The van der Waals surface area contributed by atoms with Gasteiger partial charge >= 0.3 is 58.4 Å². The monoisotopic (exact) mass is 235 g/mol. The minimum Gasteiger partial charge on any atom is -0.448 e. The van der Waals surface area contributed by atoms with Crippen molar-refractivity contribution >= 4 is 6.98 Å². The van der Waals surface area contributed by atoms with Crippen molar-refractivity contribution in [3.05, 3.63) is 0 Å². The van der Waals surface area contributed by atoms with E-state index in [1.54, 1.807) is 6.92 Å². The van der Waals surface area contributed by atoms with Crippen LogP contribution in [0.15, 0.2) is 0 Å². The number of hydrogen-bond donors (Lipinski definition) is 0. The largest absolute Gasteiger partial charge is 1.00 e. The van der Waals surface area contributed by atoms with Crippen molar-refractivity contribution in [3.63, 3.8) is 0 Å². The Labute approximate surface area is 125 Å². The first-order chi connectivity index (χ1) is 5.99. The number of ether oxygens (including phenoxy) is 1. The second kappa shape index (κ2) is 6.88. The van der Waals surface area contributed by atoms with Gasteiger partial charge in [-0.2, -0.15) is 0 Å². The molecule has 1 atom stereocenters. The molecule has 0 radical (unpaired) electrons. The first kappa shape index (κ1) is 15.4. The Morgan fingerprint density at radius 1 is 1.43 bits per heavy atom. The van der Waals surface area contributed by atoms with Gasteiger partial charge in [-0.05, 0) is 26.3 Å². The predicted molar refractivity (Wildman–Crippen MR) is 45.5 cm³/mol.